The second kappa shape index (κ2) is 6.60. The molecule has 2 aromatic heterocycles. The third-order valence-electron chi connectivity index (χ3n) is 3.80. The third-order valence-corrected chi connectivity index (χ3v) is 5.25. The second-order valence-electron chi connectivity index (χ2n) is 5.28. The average Bonchev–Trinajstić information content (AvgIpc) is 3.02. The van der Waals surface area contributed by atoms with Crippen molar-refractivity contribution in [3.05, 3.63) is 48.2 Å². The van der Waals surface area contributed by atoms with Gasteiger partial charge >= 0.3 is 0 Å². The molecule has 2 heterocycles. The molecule has 1 aliphatic carbocycles. The molecule has 0 radical (unpaired) electrons. The Morgan fingerprint density at radius 3 is 3.05 bits per heavy atom. The summed E-state index contributed by atoms with van der Waals surface area (Å²) in [7, 11) is -3.48. The lowest BCUT2D eigenvalue weighted by Gasteiger charge is -2.22. The minimum Gasteiger partial charge on any atom is -0.469 e. The van der Waals surface area contributed by atoms with Crippen molar-refractivity contribution < 1.29 is 12.8 Å². The predicted molar refractivity (Wildman–Crippen MR) is 81.8 cm³/mol. The van der Waals surface area contributed by atoms with E-state index in [9.17, 15) is 8.42 Å². The molecule has 0 saturated heterocycles. The van der Waals surface area contributed by atoms with Gasteiger partial charge in [0, 0.05) is 43.5 Å². The number of sulfonamides is 1. The van der Waals surface area contributed by atoms with Crippen molar-refractivity contribution in [3.8, 4) is 0 Å². The van der Waals surface area contributed by atoms with Gasteiger partial charge in [-0.25, -0.2) is 13.1 Å². The molecule has 0 aliphatic heterocycles. The normalized spacial score (nSPS) is 18.1. The van der Waals surface area contributed by atoms with Crippen LogP contribution in [0.2, 0.25) is 0 Å². The number of hydrogen-bond acceptors (Lipinski definition) is 5. The summed E-state index contributed by atoms with van der Waals surface area (Å²) < 4.78 is 32.1. The van der Waals surface area contributed by atoms with Crippen LogP contribution in [-0.2, 0) is 16.4 Å². The van der Waals surface area contributed by atoms with Crippen molar-refractivity contribution in [1.29, 1.82) is 0 Å². The maximum absolute atomic E-state index is 12.0. The Morgan fingerprint density at radius 2 is 2.23 bits per heavy atom. The molecular weight excluding hydrogens is 302 g/mol. The second-order valence-corrected chi connectivity index (χ2v) is 7.05. The van der Waals surface area contributed by atoms with Crippen LogP contribution in [0.1, 0.15) is 30.2 Å². The fourth-order valence-electron chi connectivity index (χ4n) is 2.72. The van der Waals surface area contributed by atoms with Crippen LogP contribution < -0.4 is 10.0 Å². The molecule has 7 heteroatoms. The molecule has 22 heavy (non-hydrogen) atoms. The number of aryl methyl sites for hydroxylation is 1. The van der Waals surface area contributed by atoms with Crippen LogP contribution in [0.15, 0.2) is 46.2 Å². The van der Waals surface area contributed by atoms with E-state index in [1.165, 1.54) is 17.8 Å². The zero-order valence-corrected chi connectivity index (χ0v) is 13.0. The van der Waals surface area contributed by atoms with Gasteiger partial charge in [0.25, 0.3) is 0 Å². The number of nitrogens with zero attached hydrogens (tertiary/aromatic N) is 1. The molecule has 3 rings (SSSR count). The summed E-state index contributed by atoms with van der Waals surface area (Å²) in [5.74, 6) is 1.04. The van der Waals surface area contributed by atoms with Crippen LogP contribution in [0.3, 0.4) is 0 Å². The standard InChI is InChI=1S/C15H19N3O3S/c19-22(20,12-3-2-7-16-11-12)18-9-8-17-14-4-1-5-15-13(14)6-10-21-15/h2-3,6-7,10-11,14,17-18H,1,4-5,8-9H2/t14-/m0/s1. The molecule has 2 aromatic rings. The molecular formula is C15H19N3O3S. The largest absolute Gasteiger partial charge is 0.469 e. The van der Waals surface area contributed by atoms with Crippen LogP contribution in [-0.4, -0.2) is 26.5 Å². The monoisotopic (exact) mass is 321 g/mol. The topological polar surface area (TPSA) is 84.2 Å². The highest BCUT2D eigenvalue weighted by molar-refractivity contribution is 7.89. The van der Waals surface area contributed by atoms with Gasteiger partial charge in [-0.3, -0.25) is 4.98 Å². The smallest absolute Gasteiger partial charge is 0.242 e. The van der Waals surface area contributed by atoms with Crippen molar-refractivity contribution in [3.63, 3.8) is 0 Å². The highest BCUT2D eigenvalue weighted by atomic mass is 32.2. The molecule has 0 amide bonds. The Kier molecular flexibility index (Phi) is 4.56. The lowest BCUT2D eigenvalue weighted by molar-refractivity contribution is 0.413. The SMILES string of the molecule is O=S(=O)(NCCN[C@H]1CCCc2occc21)c1cccnc1. The van der Waals surface area contributed by atoms with E-state index in [0.29, 0.717) is 13.1 Å². The molecule has 0 saturated carbocycles. The van der Waals surface area contributed by atoms with Gasteiger partial charge in [0.2, 0.25) is 10.0 Å². The quantitative estimate of drug-likeness (QED) is 0.790. The number of pyridine rings is 1. The summed E-state index contributed by atoms with van der Waals surface area (Å²) in [5, 5.41) is 3.39. The number of fused-ring (bicyclic) bond motifs is 1. The van der Waals surface area contributed by atoms with Crippen molar-refractivity contribution in [1.82, 2.24) is 15.0 Å². The summed E-state index contributed by atoms with van der Waals surface area (Å²) in [5.41, 5.74) is 1.20. The first-order chi connectivity index (χ1) is 10.7. The molecule has 0 unspecified atom stereocenters. The van der Waals surface area contributed by atoms with E-state index < -0.39 is 10.0 Å². The third kappa shape index (κ3) is 3.37. The zero-order valence-electron chi connectivity index (χ0n) is 12.2. The van der Waals surface area contributed by atoms with Crippen molar-refractivity contribution in [2.24, 2.45) is 0 Å². The number of rotatable bonds is 6. The van der Waals surface area contributed by atoms with Crippen molar-refractivity contribution in [2.45, 2.75) is 30.2 Å². The average molecular weight is 321 g/mol. The van der Waals surface area contributed by atoms with Gasteiger partial charge in [-0.1, -0.05) is 0 Å². The molecule has 1 aliphatic rings. The Hall–Kier alpha value is -1.70. The van der Waals surface area contributed by atoms with Gasteiger partial charge < -0.3 is 9.73 Å². The maximum atomic E-state index is 12.0. The van der Waals surface area contributed by atoms with Crippen LogP contribution >= 0.6 is 0 Å². The molecule has 118 valence electrons. The molecule has 6 nitrogen and oxygen atoms in total. The van der Waals surface area contributed by atoms with Gasteiger partial charge in [-0.05, 0) is 31.0 Å². The van der Waals surface area contributed by atoms with Gasteiger partial charge in [-0.15, -0.1) is 0 Å². The molecule has 2 N–H and O–H groups in total. The Labute approximate surface area is 130 Å². The van der Waals surface area contributed by atoms with Gasteiger partial charge in [0.1, 0.15) is 10.7 Å². The van der Waals surface area contributed by atoms with E-state index in [0.717, 1.165) is 25.0 Å². The van der Waals surface area contributed by atoms with E-state index in [1.54, 1.807) is 18.5 Å². The van der Waals surface area contributed by atoms with E-state index >= 15 is 0 Å². The Morgan fingerprint density at radius 1 is 1.32 bits per heavy atom. The first kappa shape index (κ1) is 15.2. The fraction of sp³-hybridized carbons (Fsp3) is 0.400. The van der Waals surface area contributed by atoms with Gasteiger partial charge in [0.05, 0.1) is 6.26 Å². The van der Waals surface area contributed by atoms with Crippen LogP contribution in [0.25, 0.3) is 0 Å². The van der Waals surface area contributed by atoms with Crippen LogP contribution in [0, 0.1) is 0 Å². The molecule has 0 aromatic carbocycles. The molecule has 1 atom stereocenters. The summed E-state index contributed by atoms with van der Waals surface area (Å²) >= 11 is 0. The number of aromatic nitrogens is 1. The number of hydrogen-bond donors (Lipinski definition) is 2. The minimum absolute atomic E-state index is 0.185. The summed E-state index contributed by atoms with van der Waals surface area (Å²) in [4.78, 5) is 4.01. The summed E-state index contributed by atoms with van der Waals surface area (Å²) in [6.07, 6.45) is 7.71. The first-order valence-corrected chi connectivity index (χ1v) is 8.84. The Bertz CT molecular complexity index is 713. The highest BCUT2D eigenvalue weighted by Gasteiger charge is 2.22. The van der Waals surface area contributed by atoms with E-state index in [1.807, 2.05) is 6.07 Å². The van der Waals surface area contributed by atoms with Crippen molar-refractivity contribution >= 4 is 10.0 Å². The van der Waals surface area contributed by atoms with Gasteiger partial charge in [-0.2, -0.15) is 0 Å². The van der Waals surface area contributed by atoms with Crippen molar-refractivity contribution in [2.75, 3.05) is 13.1 Å². The zero-order chi connectivity index (χ0) is 15.4. The van der Waals surface area contributed by atoms with Crippen LogP contribution in [0.5, 0.6) is 0 Å². The molecule has 0 spiro atoms. The minimum atomic E-state index is -3.48. The Balaban J connectivity index is 1.51. The molecule has 0 bridgehead atoms. The van der Waals surface area contributed by atoms with Gasteiger partial charge in [0.15, 0.2) is 0 Å². The fourth-order valence-corrected chi connectivity index (χ4v) is 3.71. The predicted octanol–water partition coefficient (Wildman–Crippen LogP) is 1.62. The maximum Gasteiger partial charge on any atom is 0.242 e. The highest BCUT2D eigenvalue weighted by Crippen LogP contribution is 2.30. The number of furan rings is 1. The molecule has 0 fully saturated rings. The van der Waals surface area contributed by atoms with E-state index in [2.05, 4.69) is 15.0 Å². The number of nitrogens with one attached hydrogen (secondary N) is 2. The lowest BCUT2D eigenvalue weighted by atomic mass is 9.93. The first-order valence-electron chi connectivity index (χ1n) is 7.36. The van der Waals surface area contributed by atoms with E-state index in [4.69, 9.17) is 4.42 Å². The summed E-state index contributed by atoms with van der Waals surface area (Å²) in [6.45, 7) is 0.899. The lowest BCUT2D eigenvalue weighted by Crippen LogP contribution is -2.34. The summed E-state index contributed by atoms with van der Waals surface area (Å²) in [6, 6.07) is 5.37. The van der Waals surface area contributed by atoms with Crippen LogP contribution in [0.4, 0.5) is 0 Å². The van der Waals surface area contributed by atoms with E-state index in [-0.39, 0.29) is 10.9 Å².